The normalized spacial score (nSPS) is 24.7. The lowest BCUT2D eigenvalue weighted by molar-refractivity contribution is -0.157. The minimum atomic E-state index is -0.907. The number of likely N-dealkylation sites (tertiary alicyclic amines) is 1. The molecule has 1 amide bonds. The van der Waals surface area contributed by atoms with Gasteiger partial charge >= 0.3 is 5.97 Å². The van der Waals surface area contributed by atoms with Gasteiger partial charge in [0.05, 0.1) is 29.3 Å². The number of ether oxygens (including phenoxy) is 1. The molecule has 0 aliphatic carbocycles. The molecule has 2 saturated heterocycles. The highest BCUT2D eigenvalue weighted by Gasteiger charge is 2.54. The summed E-state index contributed by atoms with van der Waals surface area (Å²) in [4.78, 5) is 42.9. The van der Waals surface area contributed by atoms with E-state index in [0.29, 0.717) is 37.1 Å². The van der Waals surface area contributed by atoms with Gasteiger partial charge in [-0.2, -0.15) is 0 Å². The van der Waals surface area contributed by atoms with Crippen molar-refractivity contribution in [3.63, 3.8) is 0 Å². The van der Waals surface area contributed by atoms with Gasteiger partial charge in [0.25, 0.3) is 5.56 Å². The first-order valence-electron chi connectivity index (χ1n) is 9.04. The SMILES string of the molecule is O=C(CCn1cnc2ccccc2c1=O)N1C[C@H]2COCC[C@@]2(C(=O)O)C1. The minimum Gasteiger partial charge on any atom is -0.481 e. The van der Waals surface area contributed by atoms with Crippen molar-refractivity contribution in [2.24, 2.45) is 11.3 Å². The topological polar surface area (TPSA) is 102 Å². The number of benzene rings is 1. The van der Waals surface area contributed by atoms with E-state index in [0.717, 1.165) is 0 Å². The van der Waals surface area contributed by atoms with E-state index in [9.17, 15) is 19.5 Å². The van der Waals surface area contributed by atoms with Crippen LogP contribution in [-0.4, -0.2) is 57.7 Å². The summed E-state index contributed by atoms with van der Waals surface area (Å²) in [6.45, 7) is 1.58. The first-order chi connectivity index (χ1) is 13.0. The van der Waals surface area contributed by atoms with Crippen LogP contribution in [0.15, 0.2) is 35.4 Å². The van der Waals surface area contributed by atoms with Crippen LogP contribution in [0.25, 0.3) is 10.9 Å². The third-order valence-corrected chi connectivity index (χ3v) is 5.78. The highest BCUT2D eigenvalue weighted by atomic mass is 16.5. The van der Waals surface area contributed by atoms with E-state index in [4.69, 9.17) is 4.74 Å². The monoisotopic (exact) mass is 371 g/mol. The number of para-hydroxylation sites is 1. The first-order valence-corrected chi connectivity index (χ1v) is 9.04. The maximum atomic E-state index is 12.7. The molecule has 27 heavy (non-hydrogen) atoms. The van der Waals surface area contributed by atoms with Crippen LogP contribution in [0.5, 0.6) is 0 Å². The van der Waals surface area contributed by atoms with Crippen LogP contribution in [0.4, 0.5) is 0 Å². The highest BCUT2D eigenvalue weighted by molar-refractivity contribution is 5.81. The summed E-state index contributed by atoms with van der Waals surface area (Å²) in [7, 11) is 0. The van der Waals surface area contributed by atoms with E-state index >= 15 is 0 Å². The Bertz CT molecular complexity index is 956. The van der Waals surface area contributed by atoms with Crippen molar-refractivity contribution >= 4 is 22.8 Å². The second kappa shape index (κ2) is 6.77. The molecule has 142 valence electrons. The van der Waals surface area contributed by atoms with Crippen molar-refractivity contribution < 1.29 is 19.4 Å². The van der Waals surface area contributed by atoms with Gasteiger partial charge in [-0.05, 0) is 18.6 Å². The first kappa shape index (κ1) is 17.7. The van der Waals surface area contributed by atoms with Crippen molar-refractivity contribution in [1.82, 2.24) is 14.5 Å². The predicted octanol–water partition coefficient (Wildman–Crippen LogP) is 0.736. The number of fused-ring (bicyclic) bond motifs is 2. The Morgan fingerprint density at radius 2 is 2.15 bits per heavy atom. The maximum Gasteiger partial charge on any atom is 0.311 e. The molecular formula is C19H21N3O5. The van der Waals surface area contributed by atoms with Crippen LogP contribution in [0, 0.1) is 11.3 Å². The van der Waals surface area contributed by atoms with E-state index in [-0.39, 0.29) is 36.9 Å². The number of aliphatic carboxylic acids is 1. The molecule has 0 saturated carbocycles. The van der Waals surface area contributed by atoms with E-state index in [1.54, 1.807) is 23.1 Å². The smallest absolute Gasteiger partial charge is 0.311 e. The molecule has 2 aromatic rings. The summed E-state index contributed by atoms with van der Waals surface area (Å²) in [5.74, 6) is -1.19. The number of nitrogens with zero attached hydrogens (tertiary/aromatic N) is 3. The summed E-state index contributed by atoms with van der Waals surface area (Å²) in [5, 5.41) is 10.2. The van der Waals surface area contributed by atoms with E-state index in [1.807, 2.05) is 6.07 Å². The van der Waals surface area contributed by atoms with Crippen LogP contribution in [-0.2, 0) is 20.9 Å². The zero-order valence-corrected chi connectivity index (χ0v) is 14.8. The molecule has 0 bridgehead atoms. The lowest BCUT2D eigenvalue weighted by Gasteiger charge is -2.33. The zero-order valence-electron chi connectivity index (χ0n) is 14.8. The summed E-state index contributed by atoms with van der Waals surface area (Å²) in [6, 6.07) is 7.08. The average Bonchev–Trinajstić information content (AvgIpc) is 3.09. The third kappa shape index (κ3) is 2.99. The molecule has 1 aromatic carbocycles. The summed E-state index contributed by atoms with van der Waals surface area (Å²) < 4.78 is 6.85. The van der Waals surface area contributed by atoms with Crippen LogP contribution in [0.2, 0.25) is 0 Å². The molecular weight excluding hydrogens is 350 g/mol. The molecule has 8 nitrogen and oxygen atoms in total. The standard InChI is InChI=1S/C19H21N3O5/c23-16(22-9-13-10-27-8-6-19(13,11-22)18(25)26)5-7-21-12-20-15-4-2-1-3-14(15)17(21)24/h1-4,12-13H,5-11H2,(H,25,26)/t13-,19+/m0/s1. The molecule has 1 N–H and O–H groups in total. The molecule has 3 heterocycles. The molecule has 2 atom stereocenters. The van der Waals surface area contributed by atoms with Crippen LogP contribution >= 0.6 is 0 Å². The number of carbonyl (C=O) groups excluding carboxylic acids is 1. The fraction of sp³-hybridized carbons (Fsp3) is 0.474. The van der Waals surface area contributed by atoms with Crippen molar-refractivity contribution in [3.05, 3.63) is 40.9 Å². The van der Waals surface area contributed by atoms with E-state index in [1.165, 1.54) is 10.9 Å². The van der Waals surface area contributed by atoms with Crippen molar-refractivity contribution in [3.8, 4) is 0 Å². The van der Waals surface area contributed by atoms with Crippen molar-refractivity contribution in [2.75, 3.05) is 26.3 Å². The Balaban J connectivity index is 1.47. The van der Waals surface area contributed by atoms with Gasteiger partial charge in [-0.15, -0.1) is 0 Å². The minimum absolute atomic E-state index is 0.128. The quantitative estimate of drug-likeness (QED) is 0.850. The van der Waals surface area contributed by atoms with E-state index < -0.39 is 11.4 Å². The Labute approximate surface area is 155 Å². The number of carbonyl (C=O) groups is 2. The number of hydrogen-bond acceptors (Lipinski definition) is 5. The molecule has 2 fully saturated rings. The van der Waals surface area contributed by atoms with Crippen molar-refractivity contribution in [1.29, 1.82) is 0 Å². The molecule has 8 heteroatoms. The van der Waals surface area contributed by atoms with Gasteiger partial charge in [0, 0.05) is 38.6 Å². The molecule has 0 unspecified atom stereocenters. The number of carboxylic acid groups (broad SMARTS) is 1. The molecule has 2 aliphatic heterocycles. The highest BCUT2D eigenvalue weighted by Crippen LogP contribution is 2.42. The second-order valence-corrected chi connectivity index (χ2v) is 7.27. The van der Waals surface area contributed by atoms with E-state index in [2.05, 4.69) is 4.98 Å². The van der Waals surface area contributed by atoms with Crippen molar-refractivity contribution in [2.45, 2.75) is 19.4 Å². The lowest BCUT2D eigenvalue weighted by Crippen LogP contribution is -2.45. The molecule has 1 aromatic heterocycles. The number of rotatable bonds is 4. The number of amides is 1. The Hall–Kier alpha value is -2.74. The molecule has 2 aliphatic rings. The lowest BCUT2D eigenvalue weighted by atomic mass is 9.74. The number of hydrogen-bond donors (Lipinski definition) is 1. The zero-order chi connectivity index (χ0) is 19.0. The Kier molecular flexibility index (Phi) is 4.43. The Morgan fingerprint density at radius 3 is 2.93 bits per heavy atom. The Morgan fingerprint density at radius 1 is 1.33 bits per heavy atom. The van der Waals surface area contributed by atoms with Crippen LogP contribution in [0.1, 0.15) is 12.8 Å². The summed E-state index contributed by atoms with van der Waals surface area (Å²) >= 11 is 0. The fourth-order valence-corrected chi connectivity index (χ4v) is 4.13. The number of carboxylic acids is 1. The molecule has 0 spiro atoms. The molecule has 0 radical (unpaired) electrons. The number of aryl methyl sites for hydroxylation is 1. The van der Waals surface area contributed by atoms with Gasteiger partial charge in [0.1, 0.15) is 0 Å². The van der Waals surface area contributed by atoms with Gasteiger partial charge in [-0.25, -0.2) is 4.98 Å². The van der Waals surface area contributed by atoms with Crippen LogP contribution in [0.3, 0.4) is 0 Å². The van der Waals surface area contributed by atoms with Gasteiger partial charge in [-0.3, -0.25) is 19.0 Å². The van der Waals surface area contributed by atoms with Crippen LogP contribution < -0.4 is 5.56 Å². The summed E-state index contributed by atoms with van der Waals surface area (Å²) in [5.41, 5.74) is -0.467. The number of aromatic nitrogens is 2. The third-order valence-electron chi connectivity index (χ3n) is 5.78. The molecule has 4 rings (SSSR count). The van der Waals surface area contributed by atoms with Gasteiger partial charge in [0.15, 0.2) is 0 Å². The largest absolute Gasteiger partial charge is 0.481 e. The average molecular weight is 371 g/mol. The maximum absolute atomic E-state index is 12.7. The van der Waals surface area contributed by atoms with Gasteiger partial charge in [-0.1, -0.05) is 12.1 Å². The predicted molar refractivity (Wildman–Crippen MR) is 96.2 cm³/mol. The van der Waals surface area contributed by atoms with Gasteiger partial charge < -0.3 is 14.7 Å². The second-order valence-electron chi connectivity index (χ2n) is 7.27. The fourth-order valence-electron chi connectivity index (χ4n) is 4.13. The van der Waals surface area contributed by atoms with Gasteiger partial charge in [0.2, 0.25) is 5.91 Å². The summed E-state index contributed by atoms with van der Waals surface area (Å²) in [6.07, 6.45) is 2.00.